The summed E-state index contributed by atoms with van der Waals surface area (Å²) in [4.78, 5) is 29.4. The molecule has 2 saturated heterocycles. The summed E-state index contributed by atoms with van der Waals surface area (Å²) in [5, 5.41) is 2.84. The molecule has 1 unspecified atom stereocenters. The number of piperazine rings is 1. The van der Waals surface area contributed by atoms with Crippen LogP contribution >= 0.6 is 0 Å². The summed E-state index contributed by atoms with van der Waals surface area (Å²) in [5.74, 6) is -0.441. The van der Waals surface area contributed by atoms with Gasteiger partial charge in [-0.3, -0.25) is 9.59 Å². The van der Waals surface area contributed by atoms with E-state index in [-0.39, 0.29) is 23.1 Å². The van der Waals surface area contributed by atoms with Crippen LogP contribution in [-0.2, 0) is 19.6 Å². The standard InChI is InChI=1S/C25H32N4O4S/c1-18(2)19-5-4-6-22(15-19)29-17-20(16-24(29)30)25(31)26-21-7-9-23(10-8-21)34(32,33)28-13-11-27(3)12-14-28/h4-10,15,18,20H,11-14,16-17H2,1-3H3,(H,26,31). The van der Waals surface area contributed by atoms with E-state index in [2.05, 4.69) is 24.1 Å². The second-order valence-corrected chi connectivity index (χ2v) is 11.3. The van der Waals surface area contributed by atoms with E-state index in [0.29, 0.717) is 44.3 Å². The molecular formula is C25H32N4O4S. The summed E-state index contributed by atoms with van der Waals surface area (Å²) in [7, 11) is -1.59. The van der Waals surface area contributed by atoms with Crippen molar-refractivity contribution >= 4 is 33.2 Å². The number of hydrogen-bond donors (Lipinski definition) is 1. The second kappa shape index (κ2) is 9.85. The molecule has 2 amide bonds. The smallest absolute Gasteiger partial charge is 0.243 e. The largest absolute Gasteiger partial charge is 0.326 e. The van der Waals surface area contributed by atoms with Crippen LogP contribution in [0.2, 0.25) is 0 Å². The van der Waals surface area contributed by atoms with Crippen molar-refractivity contribution < 1.29 is 18.0 Å². The predicted molar refractivity (Wildman–Crippen MR) is 132 cm³/mol. The lowest BCUT2D eigenvalue weighted by Gasteiger charge is -2.31. The van der Waals surface area contributed by atoms with Crippen LogP contribution < -0.4 is 10.2 Å². The van der Waals surface area contributed by atoms with Crippen molar-refractivity contribution in [3.05, 3.63) is 54.1 Å². The number of anilines is 2. The van der Waals surface area contributed by atoms with Gasteiger partial charge < -0.3 is 15.1 Å². The first-order valence-corrected chi connectivity index (χ1v) is 13.1. The molecule has 2 aromatic rings. The highest BCUT2D eigenvalue weighted by atomic mass is 32.2. The lowest BCUT2D eigenvalue weighted by atomic mass is 10.0. The monoisotopic (exact) mass is 484 g/mol. The van der Waals surface area contributed by atoms with Crippen molar-refractivity contribution in [2.45, 2.75) is 31.1 Å². The molecule has 0 radical (unpaired) electrons. The van der Waals surface area contributed by atoms with E-state index in [1.165, 1.54) is 16.4 Å². The van der Waals surface area contributed by atoms with Gasteiger partial charge >= 0.3 is 0 Å². The summed E-state index contributed by atoms with van der Waals surface area (Å²) in [6.07, 6.45) is 0.146. The minimum atomic E-state index is -3.56. The number of likely N-dealkylation sites (N-methyl/N-ethyl adjacent to an activating group) is 1. The Morgan fingerprint density at radius 1 is 1.03 bits per heavy atom. The molecule has 2 aliphatic rings. The highest BCUT2D eigenvalue weighted by molar-refractivity contribution is 7.89. The van der Waals surface area contributed by atoms with Crippen LogP contribution in [0.4, 0.5) is 11.4 Å². The second-order valence-electron chi connectivity index (χ2n) is 9.38. The van der Waals surface area contributed by atoms with Crippen molar-refractivity contribution in [2.24, 2.45) is 5.92 Å². The van der Waals surface area contributed by atoms with Crippen molar-refractivity contribution in [1.29, 1.82) is 0 Å². The van der Waals surface area contributed by atoms with E-state index in [0.717, 1.165) is 11.3 Å². The van der Waals surface area contributed by atoms with Crippen LogP contribution in [0.5, 0.6) is 0 Å². The number of nitrogens with zero attached hydrogens (tertiary/aromatic N) is 3. The van der Waals surface area contributed by atoms with Crippen molar-refractivity contribution in [1.82, 2.24) is 9.21 Å². The van der Waals surface area contributed by atoms with Gasteiger partial charge in [0.2, 0.25) is 21.8 Å². The minimum absolute atomic E-state index is 0.0744. The van der Waals surface area contributed by atoms with Crippen LogP contribution in [0.3, 0.4) is 0 Å². The van der Waals surface area contributed by atoms with Gasteiger partial charge in [-0.05, 0) is 54.9 Å². The molecule has 1 N–H and O–H groups in total. The number of carbonyl (C=O) groups excluding carboxylic acids is 2. The fourth-order valence-electron chi connectivity index (χ4n) is 4.32. The summed E-state index contributed by atoms with van der Waals surface area (Å²) >= 11 is 0. The number of rotatable bonds is 6. The molecule has 1 atom stereocenters. The van der Waals surface area contributed by atoms with E-state index in [4.69, 9.17) is 0 Å². The highest BCUT2D eigenvalue weighted by Crippen LogP contribution is 2.29. The zero-order valence-electron chi connectivity index (χ0n) is 19.9. The lowest BCUT2D eigenvalue weighted by molar-refractivity contribution is -0.122. The maximum atomic E-state index is 12.9. The Hall–Kier alpha value is -2.75. The summed E-state index contributed by atoms with van der Waals surface area (Å²) in [6, 6.07) is 14.1. The van der Waals surface area contributed by atoms with Crippen molar-refractivity contribution in [2.75, 3.05) is 50.0 Å². The summed E-state index contributed by atoms with van der Waals surface area (Å²) in [6.45, 7) is 6.85. The van der Waals surface area contributed by atoms with Crippen LogP contribution in [0.15, 0.2) is 53.4 Å². The Balaban J connectivity index is 1.39. The number of carbonyl (C=O) groups is 2. The van der Waals surface area contributed by atoms with E-state index in [9.17, 15) is 18.0 Å². The molecule has 34 heavy (non-hydrogen) atoms. The topological polar surface area (TPSA) is 90.0 Å². The van der Waals surface area contributed by atoms with E-state index in [1.54, 1.807) is 17.0 Å². The Bertz CT molecular complexity index is 1160. The summed E-state index contributed by atoms with van der Waals surface area (Å²) in [5.41, 5.74) is 2.46. The van der Waals surface area contributed by atoms with Gasteiger partial charge in [0.15, 0.2) is 0 Å². The lowest BCUT2D eigenvalue weighted by Crippen LogP contribution is -2.46. The van der Waals surface area contributed by atoms with Gasteiger partial charge in [0.05, 0.1) is 10.8 Å². The number of benzene rings is 2. The number of hydrogen-bond acceptors (Lipinski definition) is 5. The average molecular weight is 485 g/mol. The number of amides is 2. The average Bonchev–Trinajstić information content (AvgIpc) is 3.21. The number of sulfonamides is 1. The van der Waals surface area contributed by atoms with Gasteiger partial charge in [-0.2, -0.15) is 4.31 Å². The third-order valence-electron chi connectivity index (χ3n) is 6.57. The molecule has 0 bridgehead atoms. The Morgan fingerprint density at radius 3 is 2.35 bits per heavy atom. The van der Waals surface area contributed by atoms with Crippen LogP contribution in [0.1, 0.15) is 31.7 Å². The molecule has 0 aliphatic carbocycles. The normalized spacial score (nSPS) is 20.2. The van der Waals surface area contributed by atoms with E-state index in [1.807, 2.05) is 31.3 Å². The molecule has 0 saturated carbocycles. The first kappa shape index (κ1) is 24.4. The molecule has 2 fully saturated rings. The number of nitrogens with one attached hydrogen (secondary N) is 1. The van der Waals surface area contributed by atoms with Crippen LogP contribution in [-0.4, -0.2) is 69.2 Å². The summed E-state index contributed by atoms with van der Waals surface area (Å²) < 4.78 is 27.3. The Morgan fingerprint density at radius 2 is 1.71 bits per heavy atom. The van der Waals surface area contributed by atoms with Crippen LogP contribution in [0.25, 0.3) is 0 Å². The van der Waals surface area contributed by atoms with E-state index < -0.39 is 15.9 Å². The molecular weight excluding hydrogens is 452 g/mol. The SMILES string of the molecule is CC(C)c1cccc(N2CC(C(=O)Nc3ccc(S(=O)(=O)N4CCN(C)CC4)cc3)CC2=O)c1. The zero-order valence-corrected chi connectivity index (χ0v) is 20.7. The van der Waals surface area contributed by atoms with Crippen molar-refractivity contribution in [3.8, 4) is 0 Å². The Labute approximate surface area is 201 Å². The molecule has 2 aromatic carbocycles. The quantitative estimate of drug-likeness (QED) is 0.681. The Kier molecular flexibility index (Phi) is 7.06. The van der Waals surface area contributed by atoms with Gasteiger partial charge in [-0.15, -0.1) is 0 Å². The predicted octanol–water partition coefficient (Wildman–Crippen LogP) is 2.74. The minimum Gasteiger partial charge on any atom is -0.326 e. The molecule has 0 spiro atoms. The zero-order chi connectivity index (χ0) is 24.5. The fourth-order valence-corrected chi connectivity index (χ4v) is 5.74. The molecule has 8 nitrogen and oxygen atoms in total. The molecule has 9 heteroatoms. The molecule has 2 heterocycles. The molecule has 182 valence electrons. The molecule has 0 aromatic heterocycles. The van der Waals surface area contributed by atoms with Gasteiger partial charge in [0.1, 0.15) is 0 Å². The highest BCUT2D eigenvalue weighted by Gasteiger charge is 2.35. The van der Waals surface area contributed by atoms with Gasteiger partial charge in [0.25, 0.3) is 0 Å². The third-order valence-corrected chi connectivity index (χ3v) is 8.48. The molecule has 2 aliphatic heterocycles. The molecule has 4 rings (SSSR count). The fraction of sp³-hybridized carbons (Fsp3) is 0.440. The van der Waals surface area contributed by atoms with E-state index >= 15 is 0 Å². The maximum absolute atomic E-state index is 12.9. The maximum Gasteiger partial charge on any atom is 0.243 e. The third kappa shape index (κ3) is 5.16. The van der Waals surface area contributed by atoms with Gasteiger partial charge in [-0.25, -0.2) is 8.42 Å². The van der Waals surface area contributed by atoms with Crippen molar-refractivity contribution in [3.63, 3.8) is 0 Å². The first-order valence-electron chi connectivity index (χ1n) is 11.6. The van der Waals surface area contributed by atoms with Gasteiger partial charge in [0, 0.05) is 50.5 Å². The first-order chi connectivity index (χ1) is 16.1. The van der Waals surface area contributed by atoms with Crippen LogP contribution in [0, 0.1) is 5.92 Å². The van der Waals surface area contributed by atoms with Gasteiger partial charge in [-0.1, -0.05) is 26.0 Å².